The molecule has 0 fully saturated rings. The van der Waals surface area contributed by atoms with Crippen LogP contribution < -0.4 is 4.46 Å². The van der Waals surface area contributed by atoms with Crippen LogP contribution in [0.5, 0.6) is 0 Å². The van der Waals surface area contributed by atoms with Gasteiger partial charge in [0.15, 0.2) is 0 Å². The molecule has 4 heteroatoms. The predicted octanol–water partition coefficient (Wildman–Crippen LogP) is 4.14. The molecule has 0 saturated carbocycles. The third-order valence-electron chi connectivity index (χ3n) is 4.19. The number of rotatable bonds is 5. The molecule has 0 bridgehead atoms. The molecule has 3 rings (SSSR count). The van der Waals surface area contributed by atoms with Gasteiger partial charge in [0.2, 0.25) is 0 Å². The molecule has 130 valence electrons. The van der Waals surface area contributed by atoms with Gasteiger partial charge in [-0.25, -0.2) is 0 Å². The Morgan fingerprint density at radius 1 is 1.00 bits per heavy atom. The number of allylic oxidation sites excluding steroid dienone is 3. The average Bonchev–Trinajstić information content (AvgIpc) is 2.63. The molecule has 0 radical (unpaired) electrons. The first-order valence-corrected chi connectivity index (χ1v) is 11.8. The van der Waals surface area contributed by atoms with Crippen molar-refractivity contribution in [1.29, 1.82) is 0 Å². The Balaban J connectivity index is 1.99. The standard InChI is InChI=1S/C21H22O2SSe/c1-17-12-14-19(15-13-17)24(22,23)16-21(18-8-4-2-5-9-18)25-20-10-6-3-7-11-20/h3,6-8,10-16H,2,4-5,9H2,1H3/b21-16-. The zero-order valence-electron chi connectivity index (χ0n) is 14.3. The van der Waals surface area contributed by atoms with Gasteiger partial charge in [-0.15, -0.1) is 0 Å². The molecule has 0 saturated heterocycles. The van der Waals surface area contributed by atoms with Crippen LogP contribution in [0.2, 0.25) is 0 Å². The van der Waals surface area contributed by atoms with Gasteiger partial charge in [0.1, 0.15) is 0 Å². The number of hydrogen-bond donors (Lipinski definition) is 0. The zero-order chi connectivity index (χ0) is 17.7. The molecule has 1 aliphatic carbocycles. The van der Waals surface area contributed by atoms with Crippen LogP contribution in [0.4, 0.5) is 0 Å². The molecule has 0 atom stereocenters. The van der Waals surface area contributed by atoms with Crippen molar-refractivity contribution < 1.29 is 8.42 Å². The fourth-order valence-electron chi connectivity index (χ4n) is 2.78. The predicted molar refractivity (Wildman–Crippen MR) is 105 cm³/mol. The summed E-state index contributed by atoms with van der Waals surface area (Å²) < 4.78 is 28.0. The van der Waals surface area contributed by atoms with Crippen molar-refractivity contribution in [3.63, 3.8) is 0 Å². The van der Waals surface area contributed by atoms with E-state index in [1.54, 1.807) is 12.1 Å². The first-order chi connectivity index (χ1) is 12.0. The van der Waals surface area contributed by atoms with Gasteiger partial charge in [0.05, 0.1) is 0 Å². The van der Waals surface area contributed by atoms with Crippen molar-refractivity contribution in [2.75, 3.05) is 0 Å². The van der Waals surface area contributed by atoms with Crippen molar-refractivity contribution in [2.24, 2.45) is 0 Å². The average molecular weight is 417 g/mol. The topological polar surface area (TPSA) is 34.1 Å². The summed E-state index contributed by atoms with van der Waals surface area (Å²) in [4.78, 5) is 0.371. The summed E-state index contributed by atoms with van der Waals surface area (Å²) in [7, 11) is -3.43. The SMILES string of the molecule is Cc1ccc(S(=O)(=O)/C=C(\[Se]c2ccccc2)C2=CCCCC2)cc1. The van der Waals surface area contributed by atoms with E-state index in [4.69, 9.17) is 0 Å². The van der Waals surface area contributed by atoms with Crippen molar-refractivity contribution in [2.45, 2.75) is 37.5 Å². The van der Waals surface area contributed by atoms with Crippen molar-refractivity contribution in [3.05, 3.63) is 81.7 Å². The number of benzene rings is 2. The molecule has 0 amide bonds. The third-order valence-corrected chi connectivity index (χ3v) is 8.33. The Bertz CT molecular complexity index is 879. The first-order valence-electron chi connectivity index (χ1n) is 8.50. The Labute approximate surface area is 156 Å². The minimum atomic E-state index is -3.43. The quantitative estimate of drug-likeness (QED) is 0.686. The summed E-state index contributed by atoms with van der Waals surface area (Å²) >= 11 is -0.0117. The van der Waals surface area contributed by atoms with Crippen molar-refractivity contribution >= 4 is 29.3 Å². The molecule has 2 nitrogen and oxygen atoms in total. The van der Waals surface area contributed by atoms with E-state index in [-0.39, 0.29) is 15.0 Å². The maximum atomic E-state index is 12.9. The monoisotopic (exact) mass is 418 g/mol. The van der Waals surface area contributed by atoms with E-state index in [1.807, 2.05) is 37.3 Å². The van der Waals surface area contributed by atoms with E-state index in [0.29, 0.717) is 4.90 Å². The van der Waals surface area contributed by atoms with Gasteiger partial charge >= 0.3 is 157 Å². The van der Waals surface area contributed by atoms with Crippen molar-refractivity contribution in [3.8, 4) is 0 Å². The first kappa shape index (κ1) is 18.2. The van der Waals surface area contributed by atoms with Crippen LogP contribution in [0.3, 0.4) is 0 Å². The fraction of sp³-hybridized carbons (Fsp3) is 0.238. The van der Waals surface area contributed by atoms with Gasteiger partial charge in [-0.05, 0) is 0 Å². The molecule has 0 N–H and O–H groups in total. The Morgan fingerprint density at radius 2 is 1.72 bits per heavy atom. The van der Waals surface area contributed by atoms with Crippen LogP contribution >= 0.6 is 0 Å². The van der Waals surface area contributed by atoms with Crippen LogP contribution in [0, 0.1) is 6.92 Å². The van der Waals surface area contributed by atoms with Gasteiger partial charge in [-0.1, -0.05) is 0 Å². The Morgan fingerprint density at radius 3 is 2.36 bits per heavy atom. The van der Waals surface area contributed by atoms with E-state index < -0.39 is 9.84 Å². The molecule has 0 spiro atoms. The number of aryl methyl sites for hydroxylation is 1. The van der Waals surface area contributed by atoms with E-state index in [0.717, 1.165) is 29.3 Å². The Kier molecular flexibility index (Phi) is 5.95. The number of hydrogen-bond acceptors (Lipinski definition) is 2. The molecule has 0 unspecified atom stereocenters. The van der Waals surface area contributed by atoms with E-state index >= 15 is 0 Å². The second-order valence-corrected chi connectivity index (χ2v) is 10.4. The summed E-state index contributed by atoms with van der Waals surface area (Å²) in [6, 6.07) is 17.3. The van der Waals surface area contributed by atoms with Crippen LogP contribution in [0.25, 0.3) is 0 Å². The summed E-state index contributed by atoms with van der Waals surface area (Å²) in [5.74, 6) is 0. The van der Waals surface area contributed by atoms with Crippen LogP contribution in [-0.2, 0) is 9.84 Å². The molecular formula is C21H22O2SSe. The summed E-state index contributed by atoms with van der Waals surface area (Å²) in [6.07, 6.45) is 6.58. The molecule has 0 aliphatic heterocycles. The third kappa shape index (κ3) is 4.94. The zero-order valence-corrected chi connectivity index (χ0v) is 16.8. The van der Waals surface area contributed by atoms with Crippen LogP contribution in [0.15, 0.2) is 81.0 Å². The van der Waals surface area contributed by atoms with Gasteiger partial charge in [-0.3, -0.25) is 0 Å². The van der Waals surface area contributed by atoms with Gasteiger partial charge in [0, 0.05) is 0 Å². The van der Waals surface area contributed by atoms with E-state index in [9.17, 15) is 8.42 Å². The minimum absolute atomic E-state index is 0.0117. The number of sulfone groups is 1. The van der Waals surface area contributed by atoms with Gasteiger partial charge < -0.3 is 0 Å². The second kappa shape index (κ2) is 8.18. The molecular weight excluding hydrogens is 395 g/mol. The molecule has 0 aromatic heterocycles. The molecule has 1 aliphatic rings. The van der Waals surface area contributed by atoms with Gasteiger partial charge in [-0.2, -0.15) is 0 Å². The Hall–Kier alpha value is -1.61. The summed E-state index contributed by atoms with van der Waals surface area (Å²) in [6.45, 7) is 1.96. The molecule has 2 aromatic rings. The normalized spacial score (nSPS) is 15.7. The second-order valence-electron chi connectivity index (χ2n) is 6.23. The summed E-state index contributed by atoms with van der Waals surface area (Å²) in [5.41, 5.74) is 2.28. The molecule has 2 aromatic carbocycles. The summed E-state index contributed by atoms with van der Waals surface area (Å²) in [5, 5.41) is 1.52. The van der Waals surface area contributed by atoms with Crippen LogP contribution in [0.1, 0.15) is 31.2 Å². The van der Waals surface area contributed by atoms with Crippen LogP contribution in [-0.4, -0.2) is 23.4 Å². The fourth-order valence-corrected chi connectivity index (χ4v) is 6.82. The van der Waals surface area contributed by atoms with Crippen molar-refractivity contribution in [1.82, 2.24) is 0 Å². The van der Waals surface area contributed by atoms with E-state index in [1.165, 1.54) is 21.9 Å². The molecule has 0 heterocycles. The maximum absolute atomic E-state index is 12.9. The van der Waals surface area contributed by atoms with E-state index in [2.05, 4.69) is 18.2 Å². The molecule has 25 heavy (non-hydrogen) atoms. The van der Waals surface area contributed by atoms with Gasteiger partial charge in [0.25, 0.3) is 0 Å².